The normalized spacial score (nSPS) is 21.3. The van der Waals surface area contributed by atoms with E-state index in [1.807, 2.05) is 43.5 Å². The molecule has 4 atom stereocenters. The number of phenols is 1. The second-order valence-corrected chi connectivity index (χ2v) is 16.2. The lowest BCUT2D eigenvalue weighted by molar-refractivity contribution is -0.158. The summed E-state index contributed by atoms with van der Waals surface area (Å²) < 4.78 is 12.0. The van der Waals surface area contributed by atoms with Crippen molar-refractivity contribution in [2.45, 2.75) is 110 Å². The van der Waals surface area contributed by atoms with Crippen LogP contribution in [0, 0.1) is 11.8 Å². The van der Waals surface area contributed by atoms with Crippen molar-refractivity contribution in [1.82, 2.24) is 15.5 Å². The molecule has 2 aromatic rings. The number of rotatable bonds is 18. The van der Waals surface area contributed by atoms with Gasteiger partial charge in [-0.05, 0) is 111 Å². The molecule has 53 heavy (non-hydrogen) atoms. The highest BCUT2D eigenvalue weighted by atomic mass is 32.1. The lowest BCUT2D eigenvalue weighted by Gasteiger charge is -2.50. The third-order valence-electron chi connectivity index (χ3n) is 10.4. The van der Waals surface area contributed by atoms with Crippen LogP contribution in [-0.4, -0.2) is 59.6 Å². The molecule has 5 rings (SSSR count). The molecule has 1 aromatic heterocycles. The highest BCUT2D eigenvalue weighted by molar-refractivity contribution is 7.10. The van der Waals surface area contributed by atoms with Gasteiger partial charge in [-0.1, -0.05) is 63.5 Å². The molecule has 9 nitrogen and oxygen atoms in total. The zero-order chi connectivity index (χ0) is 38.1. The van der Waals surface area contributed by atoms with E-state index < -0.39 is 12.0 Å². The predicted octanol–water partition coefficient (Wildman–Crippen LogP) is 7.87. The number of nitrogens with one attached hydrogen (secondary N) is 2. The second-order valence-electron chi connectivity index (χ2n) is 15.2. The Kier molecular flexibility index (Phi) is 14.0. The minimum Gasteiger partial charge on any atom is -0.507 e. The van der Waals surface area contributed by atoms with Crippen molar-refractivity contribution in [3.63, 3.8) is 0 Å². The number of β-lactam (4-membered cyclic amide) rings is 1. The molecule has 3 heterocycles. The fourth-order valence-electron chi connectivity index (χ4n) is 7.61. The molecule has 10 heteroatoms. The molecule has 3 aliphatic rings. The number of phenolic OH excluding ortho intramolecular Hbond substituents is 1. The summed E-state index contributed by atoms with van der Waals surface area (Å²) in [5, 5.41) is 19.5. The molecule has 1 aromatic carbocycles. The first-order chi connectivity index (χ1) is 25.5. The number of aryl methyl sites for hydroxylation is 1. The van der Waals surface area contributed by atoms with Crippen LogP contribution in [0.15, 0.2) is 77.0 Å². The van der Waals surface area contributed by atoms with E-state index in [4.69, 9.17) is 9.47 Å². The standard InChI is InChI=1S/C43H57N3O6S/c1-7-8-9-12-30-22-36(47)39(34-21-29(6)14-16-33(34)28(4)5)37(23-30)51-19-11-18-44-25-31-15-17-35-40(45-38(48)24-32-13-10-20-53-32)42(49)46(35)41(31)43(50)52-26-27(2)3/h10-11,13,18,20-23,27,33-35,40,44,47H,4,7-9,12,14-17,19,24-26H2,1-3,5-6H3,(H,45,48)/b18-11+/t33-,34+,35+,40-/m0/s1. The molecule has 0 radical (unpaired) electrons. The summed E-state index contributed by atoms with van der Waals surface area (Å²) in [7, 11) is 0. The van der Waals surface area contributed by atoms with Gasteiger partial charge in [0.05, 0.1) is 19.1 Å². The van der Waals surface area contributed by atoms with Gasteiger partial charge in [-0.3, -0.25) is 14.5 Å². The average molecular weight is 744 g/mol. The first-order valence-electron chi connectivity index (χ1n) is 19.2. The zero-order valence-electron chi connectivity index (χ0n) is 32.0. The number of carbonyl (C=O) groups is 3. The number of aromatic hydroxyl groups is 1. The van der Waals surface area contributed by atoms with E-state index in [1.165, 1.54) is 21.8 Å². The van der Waals surface area contributed by atoms with Gasteiger partial charge in [0.25, 0.3) is 5.91 Å². The summed E-state index contributed by atoms with van der Waals surface area (Å²) in [4.78, 5) is 42.0. The van der Waals surface area contributed by atoms with Crippen molar-refractivity contribution in [3.8, 4) is 11.5 Å². The Bertz CT molecular complexity index is 1720. The molecule has 1 fully saturated rings. The lowest BCUT2D eigenvalue weighted by Crippen LogP contribution is -2.72. The van der Waals surface area contributed by atoms with E-state index in [0.29, 0.717) is 25.1 Å². The van der Waals surface area contributed by atoms with Gasteiger partial charge in [0, 0.05) is 22.9 Å². The number of amides is 2. The van der Waals surface area contributed by atoms with E-state index in [-0.39, 0.29) is 66.7 Å². The Hall–Kier alpha value is -4.31. The summed E-state index contributed by atoms with van der Waals surface area (Å²) in [6.07, 6.45) is 13.5. The van der Waals surface area contributed by atoms with Crippen LogP contribution >= 0.6 is 11.3 Å². The van der Waals surface area contributed by atoms with Crippen LogP contribution < -0.4 is 15.4 Å². The summed E-state index contributed by atoms with van der Waals surface area (Å²) in [5.41, 5.74) is 5.34. The van der Waals surface area contributed by atoms with Crippen molar-refractivity contribution in [1.29, 1.82) is 0 Å². The van der Waals surface area contributed by atoms with Crippen LogP contribution in [0.2, 0.25) is 0 Å². The van der Waals surface area contributed by atoms with Crippen LogP contribution in [0.3, 0.4) is 0 Å². The number of hydrogen-bond acceptors (Lipinski definition) is 8. The fourth-order valence-corrected chi connectivity index (χ4v) is 8.31. The Balaban J connectivity index is 1.27. The summed E-state index contributed by atoms with van der Waals surface area (Å²) in [6, 6.07) is 6.83. The van der Waals surface area contributed by atoms with E-state index in [0.717, 1.165) is 65.7 Å². The van der Waals surface area contributed by atoms with Gasteiger partial charge >= 0.3 is 5.97 Å². The number of ether oxygens (including phenoxy) is 2. The molecular weight excluding hydrogens is 687 g/mol. The van der Waals surface area contributed by atoms with Crippen LogP contribution in [0.5, 0.6) is 11.5 Å². The fraction of sp³-hybridized carbons (Fsp3) is 0.512. The zero-order valence-corrected chi connectivity index (χ0v) is 32.9. The Morgan fingerprint density at radius 1 is 1.19 bits per heavy atom. The third-order valence-corrected chi connectivity index (χ3v) is 11.2. The monoisotopic (exact) mass is 743 g/mol. The SMILES string of the molecule is C=C(C)[C@@H]1CCC(C)=C[C@H]1c1c(O)cc(CCCCC)cc1OC/C=C/NCC1=C(C(=O)OCC(C)C)N2C(=O)[C@@H](NC(=O)Cc3cccs3)[C@H]2CC1. The number of allylic oxidation sites excluding steroid dienone is 3. The third kappa shape index (κ3) is 10.0. The Morgan fingerprint density at radius 2 is 2.00 bits per heavy atom. The second kappa shape index (κ2) is 18.6. The number of esters is 1. The highest BCUT2D eigenvalue weighted by Gasteiger charge is 2.53. The molecule has 2 amide bonds. The van der Waals surface area contributed by atoms with Crippen molar-refractivity contribution in [3.05, 3.63) is 93.0 Å². The van der Waals surface area contributed by atoms with Gasteiger partial charge in [-0.15, -0.1) is 11.3 Å². The first kappa shape index (κ1) is 39.9. The number of unbranched alkanes of at least 4 members (excludes halogenated alkanes) is 2. The maximum absolute atomic E-state index is 13.4. The minimum atomic E-state index is -0.657. The van der Waals surface area contributed by atoms with Gasteiger partial charge < -0.3 is 25.2 Å². The van der Waals surface area contributed by atoms with Gasteiger partial charge in [0.1, 0.15) is 29.8 Å². The van der Waals surface area contributed by atoms with E-state index in [1.54, 1.807) is 6.20 Å². The van der Waals surface area contributed by atoms with Crippen LogP contribution in [0.1, 0.15) is 101 Å². The molecule has 1 saturated heterocycles. The van der Waals surface area contributed by atoms with E-state index in [9.17, 15) is 19.5 Å². The lowest BCUT2D eigenvalue weighted by atomic mass is 9.73. The summed E-state index contributed by atoms with van der Waals surface area (Å²) in [5.74, 6) is 0.285. The molecule has 0 spiro atoms. The number of carbonyl (C=O) groups excluding carboxylic acids is 3. The van der Waals surface area contributed by atoms with Crippen LogP contribution in [0.25, 0.3) is 0 Å². The number of hydrogen-bond donors (Lipinski definition) is 3. The minimum absolute atomic E-state index is 0.0166. The molecule has 1 aliphatic carbocycles. The average Bonchev–Trinajstić information content (AvgIpc) is 3.63. The van der Waals surface area contributed by atoms with E-state index >= 15 is 0 Å². The number of benzene rings is 1. The van der Waals surface area contributed by atoms with E-state index in [2.05, 4.69) is 50.1 Å². The molecular formula is C43H57N3O6S. The maximum Gasteiger partial charge on any atom is 0.355 e. The topological polar surface area (TPSA) is 117 Å². The van der Waals surface area contributed by atoms with Crippen molar-refractivity contribution in [2.75, 3.05) is 19.8 Å². The smallest absolute Gasteiger partial charge is 0.355 e. The number of thiophene rings is 1. The Morgan fingerprint density at radius 3 is 2.72 bits per heavy atom. The largest absolute Gasteiger partial charge is 0.507 e. The van der Waals surface area contributed by atoms with Crippen LogP contribution in [0.4, 0.5) is 0 Å². The molecule has 0 unspecified atom stereocenters. The summed E-state index contributed by atoms with van der Waals surface area (Å²) >= 11 is 1.50. The first-order valence-corrected chi connectivity index (χ1v) is 20.1. The number of fused-ring (bicyclic) bond motifs is 1. The number of nitrogens with zero attached hydrogens (tertiary/aromatic N) is 1. The summed E-state index contributed by atoms with van der Waals surface area (Å²) in [6.45, 7) is 15.5. The molecule has 0 bridgehead atoms. The molecule has 2 aliphatic heterocycles. The highest BCUT2D eigenvalue weighted by Crippen LogP contribution is 2.47. The van der Waals surface area contributed by atoms with Crippen molar-refractivity contribution >= 4 is 29.1 Å². The van der Waals surface area contributed by atoms with Gasteiger partial charge in [-0.2, -0.15) is 0 Å². The predicted molar refractivity (Wildman–Crippen MR) is 211 cm³/mol. The van der Waals surface area contributed by atoms with Gasteiger partial charge in [0.2, 0.25) is 5.91 Å². The van der Waals surface area contributed by atoms with Crippen molar-refractivity contribution < 1.29 is 29.0 Å². The Labute approximate surface area is 319 Å². The molecule has 286 valence electrons. The van der Waals surface area contributed by atoms with Gasteiger partial charge in [0.15, 0.2) is 0 Å². The van der Waals surface area contributed by atoms with Crippen LogP contribution in [-0.2, 0) is 32.0 Å². The van der Waals surface area contributed by atoms with Gasteiger partial charge in [-0.25, -0.2) is 4.79 Å². The maximum atomic E-state index is 13.4. The molecule has 3 N–H and O–H groups in total. The quantitative estimate of drug-likeness (QED) is 0.0616. The van der Waals surface area contributed by atoms with Crippen molar-refractivity contribution in [2.24, 2.45) is 11.8 Å². The molecule has 0 saturated carbocycles.